The average Bonchev–Trinajstić information content (AvgIpc) is 2.79. The molecule has 31 heavy (non-hydrogen) atoms. The Morgan fingerprint density at radius 1 is 1.03 bits per heavy atom. The molecule has 0 fully saturated rings. The lowest BCUT2D eigenvalue weighted by molar-refractivity contribution is 0.0932. The molecule has 0 radical (unpaired) electrons. The average molecular weight is 418 g/mol. The Morgan fingerprint density at radius 3 is 2.42 bits per heavy atom. The minimum absolute atomic E-state index is 0.0466. The van der Waals surface area contributed by atoms with E-state index in [-0.39, 0.29) is 11.3 Å². The number of hydrogen-bond donors (Lipinski definition) is 3. The van der Waals surface area contributed by atoms with E-state index in [2.05, 4.69) is 28.2 Å². The number of carbonyl (C=O) groups is 2. The van der Waals surface area contributed by atoms with Gasteiger partial charge in [-0.15, -0.1) is 0 Å². The standard InChI is InChI=1S/C22H22N6O3/c1-2-3-6-13-28-21(30)18-8-5-4-7-17(18)19(27-28)20(29)25-26-22(31)24-16-11-9-15(14-23)10-12-16/h4-5,7-12H,2-3,6,13H2,1H3,(H,25,29)(H2,24,26,31). The number of anilines is 1. The quantitative estimate of drug-likeness (QED) is 0.419. The van der Waals surface area contributed by atoms with Gasteiger partial charge in [0.1, 0.15) is 0 Å². The maximum absolute atomic E-state index is 12.7. The van der Waals surface area contributed by atoms with Gasteiger partial charge < -0.3 is 5.32 Å². The predicted molar refractivity (Wildman–Crippen MR) is 116 cm³/mol. The molecule has 1 aromatic heterocycles. The Kier molecular flexibility index (Phi) is 6.96. The van der Waals surface area contributed by atoms with E-state index < -0.39 is 11.9 Å². The molecule has 3 rings (SSSR count). The fraction of sp³-hybridized carbons (Fsp3) is 0.227. The molecular weight excluding hydrogens is 396 g/mol. The van der Waals surface area contributed by atoms with Gasteiger partial charge in [0.25, 0.3) is 11.5 Å². The summed E-state index contributed by atoms with van der Waals surface area (Å²) in [5.74, 6) is -0.643. The highest BCUT2D eigenvalue weighted by Gasteiger charge is 2.17. The smallest absolute Gasteiger partial charge is 0.307 e. The maximum Gasteiger partial charge on any atom is 0.337 e. The SMILES string of the molecule is CCCCCn1nc(C(=O)NNC(=O)Nc2ccc(C#N)cc2)c2ccccc2c1=O. The molecule has 3 aromatic rings. The Hall–Kier alpha value is -4.19. The number of benzene rings is 2. The van der Waals surface area contributed by atoms with Crippen molar-refractivity contribution < 1.29 is 9.59 Å². The van der Waals surface area contributed by atoms with Gasteiger partial charge in [-0.25, -0.2) is 14.9 Å². The van der Waals surface area contributed by atoms with Crippen LogP contribution in [0.2, 0.25) is 0 Å². The van der Waals surface area contributed by atoms with Crippen LogP contribution in [0.25, 0.3) is 10.8 Å². The maximum atomic E-state index is 12.7. The van der Waals surface area contributed by atoms with Crippen LogP contribution in [0.5, 0.6) is 0 Å². The molecule has 0 aliphatic carbocycles. The topological polar surface area (TPSA) is 129 Å². The summed E-state index contributed by atoms with van der Waals surface area (Å²) in [6.07, 6.45) is 2.71. The molecule has 9 nitrogen and oxygen atoms in total. The van der Waals surface area contributed by atoms with Gasteiger partial charge in [0.15, 0.2) is 5.69 Å². The van der Waals surface area contributed by atoms with Gasteiger partial charge in [-0.3, -0.25) is 15.0 Å². The number of hydrogen-bond acceptors (Lipinski definition) is 5. The van der Waals surface area contributed by atoms with Crippen LogP contribution in [0.1, 0.15) is 42.2 Å². The van der Waals surface area contributed by atoms with Crippen molar-refractivity contribution in [3.05, 3.63) is 70.1 Å². The van der Waals surface area contributed by atoms with Crippen LogP contribution >= 0.6 is 0 Å². The zero-order chi connectivity index (χ0) is 22.2. The Morgan fingerprint density at radius 2 is 1.74 bits per heavy atom. The molecule has 1 heterocycles. The highest BCUT2D eigenvalue weighted by Crippen LogP contribution is 2.13. The molecule has 0 saturated heterocycles. The van der Waals surface area contributed by atoms with Crippen molar-refractivity contribution in [2.24, 2.45) is 0 Å². The molecule has 0 saturated carbocycles. The van der Waals surface area contributed by atoms with Crippen LogP contribution in [-0.4, -0.2) is 21.7 Å². The summed E-state index contributed by atoms with van der Waals surface area (Å²) >= 11 is 0. The van der Waals surface area contributed by atoms with Crippen LogP contribution in [0.15, 0.2) is 53.3 Å². The van der Waals surface area contributed by atoms with Crippen LogP contribution in [0.3, 0.4) is 0 Å². The third-order valence-electron chi connectivity index (χ3n) is 4.62. The number of aryl methyl sites for hydroxylation is 1. The van der Waals surface area contributed by atoms with Crippen molar-refractivity contribution in [3.8, 4) is 6.07 Å². The number of unbranched alkanes of at least 4 members (excludes halogenated alkanes) is 2. The third kappa shape index (κ3) is 5.25. The number of nitrogens with one attached hydrogen (secondary N) is 3. The molecule has 0 aliphatic heterocycles. The van der Waals surface area contributed by atoms with Crippen molar-refractivity contribution in [2.75, 3.05) is 5.32 Å². The summed E-state index contributed by atoms with van der Waals surface area (Å²) < 4.78 is 1.30. The van der Waals surface area contributed by atoms with Crippen molar-refractivity contribution in [1.82, 2.24) is 20.6 Å². The number of urea groups is 1. The van der Waals surface area contributed by atoms with E-state index in [9.17, 15) is 14.4 Å². The molecule has 0 unspecified atom stereocenters. The number of nitriles is 1. The molecule has 0 atom stereocenters. The first-order chi connectivity index (χ1) is 15.0. The molecule has 0 aliphatic rings. The number of aromatic nitrogens is 2. The second-order valence-corrected chi connectivity index (χ2v) is 6.85. The van der Waals surface area contributed by atoms with E-state index in [1.807, 2.05) is 6.07 Å². The second-order valence-electron chi connectivity index (χ2n) is 6.85. The molecular formula is C22H22N6O3. The number of amides is 3. The fourth-order valence-corrected chi connectivity index (χ4v) is 3.03. The highest BCUT2D eigenvalue weighted by molar-refractivity contribution is 6.05. The third-order valence-corrected chi connectivity index (χ3v) is 4.62. The van der Waals surface area contributed by atoms with E-state index in [1.54, 1.807) is 48.5 Å². The Labute approximate surface area is 178 Å². The number of carbonyl (C=O) groups excluding carboxylic acids is 2. The zero-order valence-corrected chi connectivity index (χ0v) is 17.0. The van der Waals surface area contributed by atoms with Gasteiger partial charge in [-0.1, -0.05) is 38.0 Å². The monoisotopic (exact) mass is 418 g/mol. The van der Waals surface area contributed by atoms with E-state index in [1.165, 1.54) is 4.68 Å². The second kappa shape index (κ2) is 10.0. The molecule has 3 amide bonds. The summed E-state index contributed by atoms with van der Waals surface area (Å²) in [5, 5.41) is 16.4. The van der Waals surface area contributed by atoms with E-state index in [4.69, 9.17) is 5.26 Å². The van der Waals surface area contributed by atoms with E-state index >= 15 is 0 Å². The summed E-state index contributed by atoms with van der Waals surface area (Å²) in [7, 11) is 0. The number of rotatable bonds is 6. The molecule has 158 valence electrons. The first kappa shape index (κ1) is 21.5. The van der Waals surface area contributed by atoms with Gasteiger partial charge >= 0.3 is 6.03 Å². The minimum Gasteiger partial charge on any atom is -0.307 e. The van der Waals surface area contributed by atoms with Crippen molar-refractivity contribution >= 4 is 28.4 Å². The van der Waals surface area contributed by atoms with Gasteiger partial charge in [-0.2, -0.15) is 10.4 Å². The minimum atomic E-state index is -0.668. The largest absolute Gasteiger partial charge is 0.337 e. The number of hydrazine groups is 1. The molecule has 0 bridgehead atoms. The molecule has 9 heteroatoms. The number of nitrogens with zero attached hydrogens (tertiary/aromatic N) is 3. The first-order valence-corrected chi connectivity index (χ1v) is 9.91. The molecule has 3 N–H and O–H groups in total. The number of fused-ring (bicyclic) bond motifs is 1. The molecule has 2 aromatic carbocycles. The predicted octanol–water partition coefficient (Wildman–Crippen LogP) is 2.92. The van der Waals surface area contributed by atoms with E-state index in [0.29, 0.717) is 28.6 Å². The summed E-state index contributed by atoms with van der Waals surface area (Å²) in [6, 6.07) is 14.3. The van der Waals surface area contributed by atoms with Crippen LogP contribution in [0.4, 0.5) is 10.5 Å². The first-order valence-electron chi connectivity index (χ1n) is 9.91. The van der Waals surface area contributed by atoms with Crippen molar-refractivity contribution in [2.45, 2.75) is 32.7 Å². The normalized spacial score (nSPS) is 10.3. The molecule has 0 spiro atoms. The Balaban J connectivity index is 1.74. The Bertz CT molecular complexity index is 1190. The lowest BCUT2D eigenvalue weighted by Gasteiger charge is -2.12. The lowest BCUT2D eigenvalue weighted by atomic mass is 10.1. The van der Waals surface area contributed by atoms with Gasteiger partial charge in [0, 0.05) is 17.6 Å². The zero-order valence-electron chi connectivity index (χ0n) is 17.0. The summed E-state index contributed by atoms with van der Waals surface area (Å²) in [6.45, 7) is 2.47. The van der Waals surface area contributed by atoms with Crippen LogP contribution in [0, 0.1) is 11.3 Å². The summed E-state index contributed by atoms with van der Waals surface area (Å²) in [4.78, 5) is 37.5. The van der Waals surface area contributed by atoms with Crippen molar-refractivity contribution in [3.63, 3.8) is 0 Å². The van der Waals surface area contributed by atoms with Gasteiger partial charge in [0.05, 0.1) is 17.0 Å². The lowest BCUT2D eigenvalue weighted by Crippen LogP contribution is -2.44. The van der Waals surface area contributed by atoms with Crippen LogP contribution < -0.4 is 21.7 Å². The van der Waals surface area contributed by atoms with Crippen LogP contribution in [-0.2, 0) is 6.54 Å². The van der Waals surface area contributed by atoms with Gasteiger partial charge in [-0.05, 0) is 36.8 Å². The van der Waals surface area contributed by atoms with Gasteiger partial charge in [0.2, 0.25) is 0 Å². The highest BCUT2D eigenvalue weighted by atomic mass is 16.2. The summed E-state index contributed by atoms with van der Waals surface area (Å²) in [5.41, 5.74) is 5.30. The van der Waals surface area contributed by atoms with E-state index in [0.717, 1.165) is 19.3 Å². The van der Waals surface area contributed by atoms with Crippen molar-refractivity contribution in [1.29, 1.82) is 5.26 Å². The fourth-order valence-electron chi connectivity index (χ4n) is 3.03.